The van der Waals surface area contributed by atoms with E-state index in [9.17, 15) is 18.8 Å². The Morgan fingerprint density at radius 2 is 1.80 bits per heavy atom. The van der Waals surface area contributed by atoms with Gasteiger partial charge in [0.15, 0.2) is 0 Å². The molecule has 0 aliphatic carbocycles. The minimum atomic E-state index is -0.858. The van der Waals surface area contributed by atoms with Gasteiger partial charge >= 0.3 is 6.03 Å². The molecule has 1 heterocycles. The largest absolute Gasteiger partial charge is 0.497 e. The van der Waals surface area contributed by atoms with Crippen LogP contribution in [0.15, 0.2) is 48.5 Å². The van der Waals surface area contributed by atoms with E-state index in [4.69, 9.17) is 4.74 Å². The molecule has 1 aliphatic rings. The Balaban J connectivity index is 1.78. The molecule has 0 spiro atoms. The van der Waals surface area contributed by atoms with E-state index in [1.165, 1.54) is 36.2 Å². The summed E-state index contributed by atoms with van der Waals surface area (Å²) in [5.74, 6) is -0.755. The molecule has 3 N–H and O–H groups in total. The Kier molecular flexibility index (Phi) is 6.51. The van der Waals surface area contributed by atoms with Gasteiger partial charge in [0.2, 0.25) is 11.8 Å². The zero-order chi connectivity index (χ0) is 21.7. The van der Waals surface area contributed by atoms with Crippen LogP contribution in [-0.4, -0.2) is 56.0 Å². The van der Waals surface area contributed by atoms with Crippen LogP contribution in [0.1, 0.15) is 11.5 Å². The fourth-order valence-electron chi connectivity index (χ4n) is 3.35. The molecule has 1 saturated heterocycles. The molecule has 8 nitrogen and oxygen atoms in total. The molecule has 3 rings (SSSR count). The van der Waals surface area contributed by atoms with Gasteiger partial charge in [-0.25, -0.2) is 9.18 Å². The van der Waals surface area contributed by atoms with Gasteiger partial charge < -0.3 is 25.6 Å². The SMILES string of the molecule is CNC(=O)CN1C[C@@H](c2ccc(OC)cc2)[C@H](NC(=O)Nc2ccc(F)cc2)C1=O. The van der Waals surface area contributed by atoms with Gasteiger partial charge in [-0.1, -0.05) is 12.1 Å². The Labute approximate surface area is 173 Å². The third-order valence-corrected chi connectivity index (χ3v) is 4.94. The molecule has 1 aliphatic heterocycles. The first kappa shape index (κ1) is 21.1. The van der Waals surface area contributed by atoms with E-state index < -0.39 is 17.9 Å². The summed E-state index contributed by atoms with van der Waals surface area (Å²) in [7, 11) is 3.05. The lowest BCUT2D eigenvalue weighted by Crippen LogP contribution is -2.46. The normalized spacial score (nSPS) is 18.1. The van der Waals surface area contributed by atoms with Crippen molar-refractivity contribution in [1.82, 2.24) is 15.5 Å². The molecular weight excluding hydrogens is 391 g/mol. The fraction of sp³-hybridized carbons (Fsp3) is 0.286. The summed E-state index contributed by atoms with van der Waals surface area (Å²) >= 11 is 0. The van der Waals surface area contributed by atoms with Crippen LogP contribution in [0.3, 0.4) is 0 Å². The third-order valence-electron chi connectivity index (χ3n) is 4.94. The number of benzene rings is 2. The summed E-state index contributed by atoms with van der Waals surface area (Å²) in [4.78, 5) is 38.6. The second-order valence-corrected chi connectivity index (χ2v) is 6.85. The van der Waals surface area contributed by atoms with E-state index in [0.717, 1.165) is 5.56 Å². The number of likely N-dealkylation sites (tertiary alicyclic amines) is 1. The first-order valence-electron chi connectivity index (χ1n) is 9.37. The average molecular weight is 414 g/mol. The van der Waals surface area contributed by atoms with Crippen LogP contribution in [0, 0.1) is 5.82 Å². The number of urea groups is 1. The highest BCUT2D eigenvalue weighted by Crippen LogP contribution is 2.30. The average Bonchev–Trinajstić information content (AvgIpc) is 3.05. The summed E-state index contributed by atoms with van der Waals surface area (Å²) in [6.07, 6.45) is 0. The monoisotopic (exact) mass is 414 g/mol. The van der Waals surface area contributed by atoms with Gasteiger partial charge in [-0.3, -0.25) is 9.59 Å². The fourth-order valence-corrected chi connectivity index (χ4v) is 3.35. The smallest absolute Gasteiger partial charge is 0.319 e. The van der Waals surface area contributed by atoms with Crippen LogP contribution in [0.4, 0.5) is 14.9 Å². The van der Waals surface area contributed by atoms with Crippen molar-refractivity contribution in [2.45, 2.75) is 12.0 Å². The van der Waals surface area contributed by atoms with E-state index in [0.29, 0.717) is 11.4 Å². The van der Waals surface area contributed by atoms with Crippen molar-refractivity contribution in [3.05, 3.63) is 59.9 Å². The Morgan fingerprint density at radius 1 is 1.13 bits per heavy atom. The lowest BCUT2D eigenvalue weighted by Gasteiger charge is -2.19. The van der Waals surface area contributed by atoms with Crippen molar-refractivity contribution in [3.63, 3.8) is 0 Å². The van der Waals surface area contributed by atoms with E-state index >= 15 is 0 Å². The first-order valence-corrected chi connectivity index (χ1v) is 9.37. The number of nitrogens with zero attached hydrogens (tertiary/aromatic N) is 1. The topological polar surface area (TPSA) is 99.8 Å². The van der Waals surface area contributed by atoms with Gasteiger partial charge in [0.1, 0.15) is 17.6 Å². The molecule has 2 aromatic carbocycles. The van der Waals surface area contributed by atoms with E-state index in [1.54, 1.807) is 19.2 Å². The van der Waals surface area contributed by atoms with Crippen molar-refractivity contribution >= 4 is 23.5 Å². The number of carbonyl (C=O) groups is 3. The summed E-state index contributed by atoms with van der Waals surface area (Å²) < 4.78 is 18.2. The Hall–Kier alpha value is -3.62. The predicted octanol–water partition coefficient (Wildman–Crippen LogP) is 1.70. The van der Waals surface area contributed by atoms with E-state index in [1.807, 2.05) is 12.1 Å². The molecule has 30 heavy (non-hydrogen) atoms. The van der Waals surface area contributed by atoms with Gasteiger partial charge in [-0.05, 0) is 42.0 Å². The highest BCUT2D eigenvalue weighted by atomic mass is 19.1. The second kappa shape index (κ2) is 9.25. The maximum atomic E-state index is 13.1. The molecular formula is C21H23FN4O4. The van der Waals surface area contributed by atoms with Crippen LogP contribution >= 0.6 is 0 Å². The summed E-state index contributed by atoms with van der Waals surface area (Å²) in [6, 6.07) is 11.0. The molecule has 0 unspecified atom stereocenters. The maximum absolute atomic E-state index is 13.1. The molecule has 2 atom stereocenters. The van der Waals surface area contributed by atoms with Crippen LogP contribution in [0.5, 0.6) is 5.75 Å². The van der Waals surface area contributed by atoms with Gasteiger partial charge in [0, 0.05) is 25.2 Å². The zero-order valence-corrected chi connectivity index (χ0v) is 16.6. The third kappa shape index (κ3) is 4.86. The first-order chi connectivity index (χ1) is 14.4. The number of likely N-dealkylation sites (N-methyl/N-ethyl adjacent to an activating group) is 1. The standard InChI is InChI=1S/C21H23FN4O4/c1-23-18(27)12-26-11-17(13-3-9-16(30-2)10-4-13)19(20(26)28)25-21(29)24-15-7-5-14(22)6-8-15/h3-10,17,19H,11-12H2,1-2H3,(H,23,27)(H2,24,25,29)/t17-,19-/m0/s1. The van der Waals surface area contributed by atoms with E-state index in [2.05, 4.69) is 16.0 Å². The molecule has 0 radical (unpaired) electrons. The van der Waals surface area contributed by atoms with Crippen LogP contribution in [0.2, 0.25) is 0 Å². The minimum Gasteiger partial charge on any atom is -0.497 e. The molecule has 1 fully saturated rings. The van der Waals surface area contributed by atoms with Gasteiger partial charge in [0.25, 0.3) is 0 Å². The van der Waals surface area contributed by atoms with Crippen LogP contribution < -0.4 is 20.7 Å². The summed E-state index contributed by atoms with van der Waals surface area (Å²) in [5.41, 5.74) is 1.22. The molecule has 9 heteroatoms. The summed E-state index contributed by atoms with van der Waals surface area (Å²) in [6.45, 7) is 0.180. The van der Waals surface area contributed by atoms with Crippen molar-refractivity contribution in [2.75, 3.05) is 32.6 Å². The van der Waals surface area contributed by atoms with Crippen LogP contribution in [0.25, 0.3) is 0 Å². The highest BCUT2D eigenvalue weighted by molar-refractivity contribution is 5.96. The number of hydrogen-bond donors (Lipinski definition) is 3. The lowest BCUT2D eigenvalue weighted by atomic mass is 9.94. The van der Waals surface area contributed by atoms with Crippen molar-refractivity contribution in [3.8, 4) is 5.75 Å². The number of methoxy groups -OCH3 is 1. The number of ether oxygens (including phenoxy) is 1. The molecule has 0 saturated carbocycles. The van der Waals surface area contributed by atoms with Crippen LogP contribution in [-0.2, 0) is 9.59 Å². The van der Waals surface area contributed by atoms with Crippen molar-refractivity contribution in [2.24, 2.45) is 0 Å². The molecule has 4 amide bonds. The molecule has 0 bridgehead atoms. The van der Waals surface area contributed by atoms with Gasteiger partial charge in [-0.2, -0.15) is 0 Å². The number of nitrogens with one attached hydrogen (secondary N) is 3. The Bertz CT molecular complexity index is 918. The Morgan fingerprint density at radius 3 is 2.40 bits per heavy atom. The number of amides is 4. The number of carbonyl (C=O) groups excluding carboxylic acids is 3. The van der Waals surface area contributed by atoms with Crippen molar-refractivity contribution in [1.29, 1.82) is 0 Å². The zero-order valence-electron chi connectivity index (χ0n) is 16.6. The molecule has 2 aromatic rings. The number of rotatable bonds is 6. The molecule has 0 aromatic heterocycles. The maximum Gasteiger partial charge on any atom is 0.319 e. The second-order valence-electron chi connectivity index (χ2n) is 6.85. The minimum absolute atomic E-state index is 0.0975. The summed E-state index contributed by atoms with van der Waals surface area (Å²) in [5, 5.41) is 7.77. The number of anilines is 1. The van der Waals surface area contributed by atoms with Gasteiger partial charge in [-0.15, -0.1) is 0 Å². The van der Waals surface area contributed by atoms with Crippen molar-refractivity contribution < 1.29 is 23.5 Å². The quantitative estimate of drug-likeness (QED) is 0.670. The van der Waals surface area contributed by atoms with Gasteiger partial charge in [0.05, 0.1) is 13.7 Å². The van der Waals surface area contributed by atoms with E-state index in [-0.39, 0.29) is 30.8 Å². The molecule has 158 valence electrons. The number of halogens is 1. The lowest BCUT2D eigenvalue weighted by molar-refractivity contribution is -0.133. The predicted molar refractivity (Wildman–Crippen MR) is 109 cm³/mol. The number of hydrogen-bond acceptors (Lipinski definition) is 4. The highest BCUT2D eigenvalue weighted by Gasteiger charge is 2.42.